The first-order valence-electron chi connectivity index (χ1n) is 14.1. The Hall–Kier alpha value is -4.05. The first-order valence-corrected chi connectivity index (χ1v) is 15.6. The molecule has 42 heavy (non-hydrogen) atoms. The molecule has 3 aromatic rings. The topological polar surface area (TPSA) is 105 Å². The Labute approximate surface area is 249 Å². The highest BCUT2D eigenvalue weighted by Crippen LogP contribution is 2.27. The van der Waals surface area contributed by atoms with E-state index in [9.17, 15) is 18.0 Å². The third-order valence-electron chi connectivity index (χ3n) is 6.83. The zero-order chi connectivity index (χ0) is 30.7. The molecule has 0 radical (unpaired) electrons. The first-order chi connectivity index (χ1) is 20.1. The third-order valence-corrected chi connectivity index (χ3v) is 8.62. The van der Waals surface area contributed by atoms with Crippen LogP contribution in [0.2, 0.25) is 0 Å². The molecule has 0 heterocycles. The van der Waals surface area contributed by atoms with Crippen LogP contribution >= 0.6 is 0 Å². The van der Waals surface area contributed by atoms with Gasteiger partial charge < -0.3 is 19.7 Å². The molecular weight excluding hydrogens is 554 g/mol. The van der Waals surface area contributed by atoms with Crippen LogP contribution in [0.3, 0.4) is 0 Å². The van der Waals surface area contributed by atoms with Crippen molar-refractivity contribution < 1.29 is 27.5 Å². The Bertz CT molecular complexity index is 1410. The molecule has 3 rings (SSSR count). The van der Waals surface area contributed by atoms with E-state index in [0.29, 0.717) is 30.3 Å². The third kappa shape index (κ3) is 8.48. The number of aryl methyl sites for hydroxylation is 1. The second-order valence-electron chi connectivity index (χ2n) is 9.94. The van der Waals surface area contributed by atoms with Crippen molar-refractivity contribution in [3.63, 3.8) is 0 Å². The molecule has 226 valence electrons. The minimum Gasteiger partial charge on any atom is -0.497 e. The standard InChI is InChI=1S/C32H41N3O6S/c1-6-8-21-33-32(37)25(4)34(22-26-11-15-28(40-5)16-12-26)31(36)23-35(27-13-17-29(18-14-27)41-7-2)42(38,39)30-19-9-24(3)10-20-30/h9-20,25H,6-8,21-23H2,1-5H3,(H,33,37)/t25-/m0/s1. The van der Waals surface area contributed by atoms with Crippen LogP contribution in [0.5, 0.6) is 11.5 Å². The van der Waals surface area contributed by atoms with Gasteiger partial charge in [0.15, 0.2) is 0 Å². The highest BCUT2D eigenvalue weighted by molar-refractivity contribution is 7.92. The van der Waals surface area contributed by atoms with Crippen LogP contribution in [0.1, 0.15) is 44.7 Å². The zero-order valence-corrected chi connectivity index (χ0v) is 25.8. The van der Waals surface area contributed by atoms with Crippen molar-refractivity contribution in [1.29, 1.82) is 0 Å². The summed E-state index contributed by atoms with van der Waals surface area (Å²) in [7, 11) is -2.58. The van der Waals surface area contributed by atoms with Crippen molar-refractivity contribution in [3.8, 4) is 11.5 Å². The number of methoxy groups -OCH3 is 1. The van der Waals surface area contributed by atoms with Crippen molar-refractivity contribution >= 4 is 27.5 Å². The summed E-state index contributed by atoms with van der Waals surface area (Å²) in [6, 6.07) is 19.4. The number of nitrogens with one attached hydrogen (secondary N) is 1. The molecule has 0 aromatic heterocycles. The van der Waals surface area contributed by atoms with Gasteiger partial charge in [-0.25, -0.2) is 8.42 Å². The van der Waals surface area contributed by atoms with E-state index in [2.05, 4.69) is 5.32 Å². The lowest BCUT2D eigenvalue weighted by Crippen LogP contribution is -2.51. The van der Waals surface area contributed by atoms with E-state index in [1.54, 1.807) is 62.6 Å². The van der Waals surface area contributed by atoms with E-state index in [1.807, 2.05) is 32.9 Å². The fraction of sp³-hybridized carbons (Fsp3) is 0.375. The quantitative estimate of drug-likeness (QED) is 0.250. The van der Waals surface area contributed by atoms with E-state index in [1.165, 1.54) is 17.0 Å². The molecule has 0 spiro atoms. The van der Waals surface area contributed by atoms with Gasteiger partial charge in [-0.1, -0.05) is 43.2 Å². The number of benzene rings is 3. The Morgan fingerprint density at radius 1 is 0.905 bits per heavy atom. The van der Waals surface area contributed by atoms with Gasteiger partial charge in [-0.2, -0.15) is 0 Å². The lowest BCUT2D eigenvalue weighted by molar-refractivity contribution is -0.139. The second-order valence-corrected chi connectivity index (χ2v) is 11.8. The Kier molecular flexibility index (Phi) is 11.8. The molecule has 1 atom stereocenters. The molecule has 1 N–H and O–H groups in total. The highest BCUT2D eigenvalue weighted by Gasteiger charge is 2.32. The number of hydrogen-bond donors (Lipinski definition) is 1. The lowest BCUT2D eigenvalue weighted by atomic mass is 10.1. The summed E-state index contributed by atoms with van der Waals surface area (Å²) in [5.41, 5.74) is 1.98. The van der Waals surface area contributed by atoms with E-state index in [0.717, 1.165) is 28.3 Å². The van der Waals surface area contributed by atoms with Gasteiger partial charge in [-0.3, -0.25) is 13.9 Å². The molecular formula is C32H41N3O6S. The summed E-state index contributed by atoms with van der Waals surface area (Å²) in [4.78, 5) is 28.6. The van der Waals surface area contributed by atoms with Crippen LogP contribution in [0.4, 0.5) is 5.69 Å². The summed E-state index contributed by atoms with van der Waals surface area (Å²) >= 11 is 0. The normalized spacial score (nSPS) is 11.8. The lowest BCUT2D eigenvalue weighted by Gasteiger charge is -2.32. The maximum atomic E-state index is 14.0. The fourth-order valence-corrected chi connectivity index (χ4v) is 5.70. The summed E-state index contributed by atoms with van der Waals surface area (Å²) in [5.74, 6) is 0.416. The van der Waals surface area contributed by atoms with Gasteiger partial charge in [0.25, 0.3) is 10.0 Å². The monoisotopic (exact) mass is 595 g/mol. The SMILES string of the molecule is CCCCNC(=O)[C@H](C)N(Cc1ccc(OC)cc1)C(=O)CN(c1ccc(OCC)cc1)S(=O)(=O)c1ccc(C)cc1. The predicted molar refractivity (Wildman–Crippen MR) is 164 cm³/mol. The Morgan fingerprint density at radius 2 is 1.52 bits per heavy atom. The van der Waals surface area contributed by atoms with Crippen molar-refractivity contribution in [2.24, 2.45) is 0 Å². The summed E-state index contributed by atoms with van der Waals surface area (Å²) in [5, 5.41) is 2.89. The molecule has 0 unspecified atom stereocenters. The van der Waals surface area contributed by atoms with Crippen LogP contribution in [-0.4, -0.2) is 58.0 Å². The van der Waals surface area contributed by atoms with Crippen LogP contribution < -0.4 is 19.1 Å². The number of hydrogen-bond acceptors (Lipinski definition) is 6. The minimum atomic E-state index is -4.14. The molecule has 3 aromatic carbocycles. The van der Waals surface area contributed by atoms with Crippen LogP contribution in [-0.2, 0) is 26.2 Å². The minimum absolute atomic E-state index is 0.0573. The molecule has 0 aliphatic rings. The van der Waals surface area contributed by atoms with E-state index < -0.39 is 28.5 Å². The Morgan fingerprint density at radius 3 is 2.10 bits per heavy atom. The zero-order valence-electron chi connectivity index (χ0n) is 25.0. The molecule has 0 aliphatic heterocycles. The largest absolute Gasteiger partial charge is 0.497 e. The molecule has 9 nitrogen and oxygen atoms in total. The molecule has 2 amide bonds. The number of nitrogens with zero attached hydrogens (tertiary/aromatic N) is 2. The smallest absolute Gasteiger partial charge is 0.264 e. The van der Waals surface area contributed by atoms with Gasteiger partial charge in [0.1, 0.15) is 24.1 Å². The number of amides is 2. The average molecular weight is 596 g/mol. The maximum absolute atomic E-state index is 14.0. The van der Waals surface area contributed by atoms with Gasteiger partial charge in [-0.15, -0.1) is 0 Å². The van der Waals surface area contributed by atoms with Gasteiger partial charge in [0, 0.05) is 13.1 Å². The maximum Gasteiger partial charge on any atom is 0.264 e. The molecule has 0 saturated carbocycles. The van der Waals surface area contributed by atoms with Crippen LogP contribution in [0.15, 0.2) is 77.7 Å². The number of carbonyl (C=O) groups excluding carboxylic acids is 2. The Balaban J connectivity index is 2.00. The number of ether oxygens (including phenoxy) is 2. The van der Waals surface area contributed by atoms with Crippen molar-refractivity contribution in [3.05, 3.63) is 83.9 Å². The van der Waals surface area contributed by atoms with Gasteiger partial charge in [0.05, 0.1) is 24.3 Å². The second kappa shape index (κ2) is 15.3. The van der Waals surface area contributed by atoms with E-state index in [-0.39, 0.29) is 17.3 Å². The molecule has 10 heteroatoms. The van der Waals surface area contributed by atoms with Gasteiger partial charge in [-0.05, 0) is 81.3 Å². The number of sulfonamides is 1. The van der Waals surface area contributed by atoms with Gasteiger partial charge in [0.2, 0.25) is 11.8 Å². The first kappa shape index (κ1) is 32.5. The number of carbonyl (C=O) groups is 2. The molecule has 0 saturated heterocycles. The van der Waals surface area contributed by atoms with Crippen LogP contribution in [0.25, 0.3) is 0 Å². The number of anilines is 1. The summed E-state index contributed by atoms with van der Waals surface area (Å²) in [6.45, 7) is 7.95. The molecule has 0 aliphatic carbocycles. The fourth-order valence-electron chi connectivity index (χ4n) is 4.29. The van der Waals surface area contributed by atoms with Crippen molar-refractivity contribution in [2.45, 2.75) is 58.0 Å². The van der Waals surface area contributed by atoms with Crippen molar-refractivity contribution in [1.82, 2.24) is 10.2 Å². The molecule has 0 fully saturated rings. The predicted octanol–water partition coefficient (Wildman–Crippen LogP) is 4.93. The average Bonchev–Trinajstić information content (AvgIpc) is 2.99. The van der Waals surface area contributed by atoms with E-state index >= 15 is 0 Å². The number of rotatable bonds is 15. The highest BCUT2D eigenvalue weighted by atomic mass is 32.2. The van der Waals surface area contributed by atoms with E-state index in [4.69, 9.17) is 9.47 Å². The molecule has 0 bridgehead atoms. The number of unbranched alkanes of at least 4 members (excludes halogenated alkanes) is 1. The van der Waals surface area contributed by atoms with Crippen molar-refractivity contribution in [2.75, 3.05) is 31.1 Å². The van der Waals surface area contributed by atoms with Crippen LogP contribution in [0, 0.1) is 6.92 Å². The summed E-state index contributed by atoms with van der Waals surface area (Å²) in [6.07, 6.45) is 1.72. The van der Waals surface area contributed by atoms with Gasteiger partial charge >= 0.3 is 0 Å². The summed E-state index contributed by atoms with van der Waals surface area (Å²) < 4.78 is 39.8.